The van der Waals surface area contributed by atoms with Crippen LogP contribution < -0.4 is 9.64 Å². The first-order valence-electron chi connectivity index (χ1n) is 8.03. The Morgan fingerprint density at radius 1 is 1.27 bits per heavy atom. The van der Waals surface area contributed by atoms with Gasteiger partial charge in [-0.1, -0.05) is 0 Å². The van der Waals surface area contributed by atoms with E-state index in [1.54, 1.807) is 19.5 Å². The van der Waals surface area contributed by atoms with Crippen molar-refractivity contribution in [3.05, 3.63) is 12.4 Å². The molecule has 0 unspecified atom stereocenters. The smallest absolute Gasteiger partial charge is 0.225 e. The van der Waals surface area contributed by atoms with Gasteiger partial charge in [0.2, 0.25) is 11.9 Å². The Balaban J connectivity index is 1.48. The molecule has 120 valence electrons. The molecule has 22 heavy (non-hydrogen) atoms. The lowest BCUT2D eigenvalue weighted by Crippen LogP contribution is -2.40. The zero-order valence-electron chi connectivity index (χ0n) is 13.4. The minimum Gasteiger partial charge on any atom is -0.494 e. The number of carbonyl (C=O) groups excluding carboxylic acids is 1. The minimum absolute atomic E-state index is 0.317. The molecule has 6 heteroatoms. The largest absolute Gasteiger partial charge is 0.494 e. The molecule has 0 N–H and O–H groups in total. The van der Waals surface area contributed by atoms with Crippen LogP contribution in [0.3, 0.4) is 0 Å². The lowest BCUT2D eigenvalue weighted by molar-refractivity contribution is -0.131. The van der Waals surface area contributed by atoms with Crippen LogP contribution in [0.4, 0.5) is 5.95 Å². The van der Waals surface area contributed by atoms with Crippen molar-refractivity contribution in [1.29, 1.82) is 0 Å². The van der Waals surface area contributed by atoms with Gasteiger partial charge in [0.05, 0.1) is 19.5 Å². The number of carbonyl (C=O) groups is 1. The van der Waals surface area contributed by atoms with Gasteiger partial charge in [0.25, 0.3) is 0 Å². The van der Waals surface area contributed by atoms with Crippen LogP contribution in [-0.2, 0) is 4.79 Å². The number of rotatable bonds is 5. The molecule has 1 aliphatic carbocycles. The van der Waals surface area contributed by atoms with Crippen LogP contribution in [-0.4, -0.2) is 54.6 Å². The minimum atomic E-state index is 0.317. The first kappa shape index (κ1) is 15.1. The van der Waals surface area contributed by atoms with Gasteiger partial charge < -0.3 is 14.5 Å². The van der Waals surface area contributed by atoms with Crippen molar-refractivity contribution in [2.45, 2.75) is 25.7 Å². The second-order valence-electron chi connectivity index (χ2n) is 6.35. The van der Waals surface area contributed by atoms with Crippen molar-refractivity contribution in [1.82, 2.24) is 14.9 Å². The Kier molecular flexibility index (Phi) is 4.45. The first-order valence-corrected chi connectivity index (χ1v) is 8.03. The van der Waals surface area contributed by atoms with E-state index in [-0.39, 0.29) is 0 Å². The normalized spacial score (nSPS) is 19.1. The maximum Gasteiger partial charge on any atom is 0.225 e. The van der Waals surface area contributed by atoms with Crippen LogP contribution in [0.2, 0.25) is 0 Å². The molecule has 2 heterocycles. The van der Waals surface area contributed by atoms with Crippen LogP contribution in [0.5, 0.6) is 5.75 Å². The Morgan fingerprint density at radius 3 is 2.45 bits per heavy atom. The predicted molar refractivity (Wildman–Crippen MR) is 83.9 cm³/mol. The molecule has 1 saturated heterocycles. The first-order chi connectivity index (χ1) is 10.7. The highest BCUT2D eigenvalue weighted by molar-refractivity contribution is 5.80. The number of methoxy groups -OCH3 is 1. The van der Waals surface area contributed by atoms with E-state index in [2.05, 4.69) is 14.9 Å². The van der Waals surface area contributed by atoms with Gasteiger partial charge in [-0.3, -0.25) is 4.79 Å². The number of hydrogen-bond acceptors (Lipinski definition) is 5. The molecule has 1 aliphatic heterocycles. The molecule has 2 aliphatic rings. The number of anilines is 1. The highest BCUT2D eigenvalue weighted by Gasteiger charge is 2.33. The van der Waals surface area contributed by atoms with Gasteiger partial charge in [0.1, 0.15) is 0 Å². The van der Waals surface area contributed by atoms with E-state index in [1.165, 1.54) is 0 Å². The Morgan fingerprint density at radius 2 is 1.91 bits per heavy atom. The molecule has 1 saturated carbocycles. The zero-order chi connectivity index (χ0) is 15.5. The highest BCUT2D eigenvalue weighted by atomic mass is 16.5. The molecule has 1 amide bonds. The number of piperidine rings is 1. The van der Waals surface area contributed by atoms with Crippen molar-refractivity contribution in [2.75, 3.05) is 38.7 Å². The summed E-state index contributed by atoms with van der Waals surface area (Å²) in [7, 11) is 3.56. The monoisotopic (exact) mass is 304 g/mol. The van der Waals surface area contributed by atoms with Crippen LogP contribution in [0.25, 0.3) is 0 Å². The zero-order valence-corrected chi connectivity index (χ0v) is 13.4. The summed E-state index contributed by atoms with van der Waals surface area (Å²) in [6.45, 7) is 2.78. The lowest BCUT2D eigenvalue weighted by Gasteiger charge is -2.33. The quantitative estimate of drug-likeness (QED) is 0.826. The average Bonchev–Trinajstić information content (AvgIpc) is 3.40. The van der Waals surface area contributed by atoms with Crippen LogP contribution in [0, 0.1) is 11.8 Å². The average molecular weight is 304 g/mol. The Labute approximate surface area is 131 Å². The summed E-state index contributed by atoms with van der Waals surface area (Å²) in [4.78, 5) is 24.8. The van der Waals surface area contributed by atoms with Crippen molar-refractivity contribution >= 4 is 11.9 Å². The summed E-state index contributed by atoms with van der Waals surface area (Å²) in [6.07, 6.45) is 7.73. The SMILES string of the molecule is COc1cnc(N2CCC(CN(C)C(=O)C3CC3)CC2)nc1. The fourth-order valence-corrected chi connectivity index (χ4v) is 3.01. The molecule has 0 radical (unpaired) electrons. The third-order valence-electron chi connectivity index (χ3n) is 4.58. The third kappa shape index (κ3) is 3.48. The second-order valence-corrected chi connectivity index (χ2v) is 6.35. The highest BCUT2D eigenvalue weighted by Crippen LogP contribution is 2.31. The van der Waals surface area contributed by atoms with E-state index in [4.69, 9.17) is 4.74 Å². The topological polar surface area (TPSA) is 58.6 Å². The summed E-state index contributed by atoms with van der Waals surface area (Å²) >= 11 is 0. The van der Waals surface area contributed by atoms with Crippen molar-refractivity contribution in [2.24, 2.45) is 11.8 Å². The predicted octanol–water partition coefficient (Wildman–Crippen LogP) is 1.57. The number of nitrogens with zero attached hydrogens (tertiary/aromatic N) is 4. The fraction of sp³-hybridized carbons (Fsp3) is 0.688. The maximum atomic E-state index is 12.0. The molecule has 1 aromatic rings. The maximum absolute atomic E-state index is 12.0. The van der Waals surface area contributed by atoms with Gasteiger partial charge in [-0.05, 0) is 31.6 Å². The van der Waals surface area contributed by atoms with Gasteiger partial charge in [-0.15, -0.1) is 0 Å². The van der Waals surface area contributed by atoms with Gasteiger partial charge in [0, 0.05) is 32.6 Å². The molecular weight excluding hydrogens is 280 g/mol. The van der Waals surface area contributed by atoms with Crippen LogP contribution in [0.1, 0.15) is 25.7 Å². The van der Waals surface area contributed by atoms with E-state index in [0.29, 0.717) is 23.5 Å². The van der Waals surface area contributed by atoms with E-state index < -0.39 is 0 Å². The third-order valence-corrected chi connectivity index (χ3v) is 4.58. The molecule has 2 fully saturated rings. The Bertz CT molecular complexity index is 507. The molecular formula is C16H24N4O2. The molecule has 0 atom stereocenters. The van der Waals surface area contributed by atoms with Gasteiger partial charge in [0.15, 0.2) is 5.75 Å². The lowest BCUT2D eigenvalue weighted by atomic mass is 9.96. The standard InChI is InChI=1S/C16H24N4O2/c1-19(15(21)13-3-4-13)11-12-5-7-20(8-6-12)16-17-9-14(22-2)10-18-16/h9-10,12-13H,3-8,11H2,1-2H3. The van der Waals surface area contributed by atoms with E-state index in [0.717, 1.165) is 51.3 Å². The summed E-state index contributed by atoms with van der Waals surface area (Å²) in [5.74, 6) is 2.68. The molecule has 0 spiro atoms. The van der Waals surface area contributed by atoms with Crippen molar-refractivity contribution < 1.29 is 9.53 Å². The second kappa shape index (κ2) is 6.50. The van der Waals surface area contributed by atoms with Gasteiger partial charge in [-0.2, -0.15) is 0 Å². The summed E-state index contributed by atoms with van der Waals surface area (Å²) in [5.41, 5.74) is 0. The van der Waals surface area contributed by atoms with Gasteiger partial charge in [-0.25, -0.2) is 9.97 Å². The molecule has 0 bridgehead atoms. The summed E-state index contributed by atoms with van der Waals surface area (Å²) in [5, 5.41) is 0. The van der Waals surface area contributed by atoms with Crippen molar-refractivity contribution in [3.8, 4) is 5.75 Å². The van der Waals surface area contributed by atoms with Crippen LogP contribution in [0.15, 0.2) is 12.4 Å². The molecule has 6 nitrogen and oxygen atoms in total. The number of aromatic nitrogens is 2. The fourth-order valence-electron chi connectivity index (χ4n) is 3.01. The van der Waals surface area contributed by atoms with E-state index in [1.807, 2.05) is 11.9 Å². The molecule has 0 aromatic carbocycles. The van der Waals surface area contributed by atoms with Gasteiger partial charge >= 0.3 is 0 Å². The number of hydrogen-bond donors (Lipinski definition) is 0. The number of ether oxygens (including phenoxy) is 1. The van der Waals surface area contributed by atoms with Crippen molar-refractivity contribution in [3.63, 3.8) is 0 Å². The Hall–Kier alpha value is -1.85. The molecule has 1 aromatic heterocycles. The van der Waals surface area contributed by atoms with Crippen LogP contribution >= 0.6 is 0 Å². The van der Waals surface area contributed by atoms with E-state index in [9.17, 15) is 4.79 Å². The number of amides is 1. The summed E-state index contributed by atoms with van der Waals surface area (Å²) < 4.78 is 5.08. The van der Waals surface area contributed by atoms with E-state index >= 15 is 0 Å². The summed E-state index contributed by atoms with van der Waals surface area (Å²) in [6, 6.07) is 0. The molecule has 3 rings (SSSR count).